The zero-order valence-electron chi connectivity index (χ0n) is 13.7. The summed E-state index contributed by atoms with van der Waals surface area (Å²) >= 11 is 0. The lowest BCUT2D eigenvalue weighted by Gasteiger charge is -2.14. The van der Waals surface area contributed by atoms with Gasteiger partial charge in [-0.15, -0.1) is 0 Å². The van der Waals surface area contributed by atoms with Gasteiger partial charge < -0.3 is 25.0 Å². The Bertz CT molecular complexity index is 711. The Morgan fingerprint density at radius 1 is 1.04 bits per heavy atom. The summed E-state index contributed by atoms with van der Waals surface area (Å²) in [5.41, 5.74) is -0.834. The van der Waals surface area contributed by atoms with Crippen LogP contribution < -0.4 is 14.8 Å². The molecule has 2 atom stereocenters. The maximum atomic E-state index is 12.4. The molecule has 2 rings (SSSR count). The van der Waals surface area contributed by atoms with Crippen molar-refractivity contribution in [3.63, 3.8) is 0 Å². The largest absolute Gasteiger partial charge is 0.493 e. The summed E-state index contributed by atoms with van der Waals surface area (Å²) in [4.78, 5) is 35.0. The molecule has 0 spiro atoms. The summed E-state index contributed by atoms with van der Waals surface area (Å²) < 4.78 is 10.2. The fourth-order valence-electron chi connectivity index (χ4n) is 2.96. The average Bonchev–Trinajstić information content (AvgIpc) is 3.09. The van der Waals surface area contributed by atoms with Gasteiger partial charge in [0.1, 0.15) is 0 Å². The quantitative estimate of drug-likeness (QED) is 0.722. The summed E-state index contributed by atoms with van der Waals surface area (Å²) in [6.45, 7) is 3.37. The van der Waals surface area contributed by atoms with Crippen molar-refractivity contribution in [1.29, 1.82) is 0 Å². The maximum Gasteiger partial charge on any atom is 0.337 e. The van der Waals surface area contributed by atoms with E-state index in [1.54, 1.807) is 13.8 Å². The molecule has 8 nitrogen and oxygen atoms in total. The number of aromatic carboxylic acids is 1. The molecular weight excluding hydrogens is 318 g/mol. The van der Waals surface area contributed by atoms with Crippen molar-refractivity contribution < 1.29 is 34.1 Å². The molecule has 3 N–H and O–H groups in total. The minimum atomic E-state index is -1.25. The molecule has 1 fully saturated rings. The van der Waals surface area contributed by atoms with Crippen molar-refractivity contribution >= 4 is 23.5 Å². The lowest BCUT2D eigenvalue weighted by molar-refractivity contribution is -0.140. The van der Waals surface area contributed by atoms with Gasteiger partial charge >= 0.3 is 11.9 Å². The van der Waals surface area contributed by atoms with Crippen LogP contribution in [0.2, 0.25) is 0 Å². The van der Waals surface area contributed by atoms with Crippen LogP contribution in [-0.4, -0.2) is 42.3 Å². The number of ether oxygens (including phenoxy) is 2. The van der Waals surface area contributed by atoms with Crippen LogP contribution in [0.15, 0.2) is 12.1 Å². The maximum absolute atomic E-state index is 12.4. The smallest absolute Gasteiger partial charge is 0.337 e. The van der Waals surface area contributed by atoms with E-state index in [0.717, 1.165) is 0 Å². The number of benzene rings is 1. The Morgan fingerprint density at radius 2 is 1.58 bits per heavy atom. The highest BCUT2D eigenvalue weighted by atomic mass is 16.5. The third-order valence-electron chi connectivity index (χ3n) is 4.39. The predicted octanol–water partition coefficient (Wildman–Crippen LogP) is 1.70. The minimum absolute atomic E-state index is 0.0250. The van der Waals surface area contributed by atoms with E-state index in [1.807, 2.05) is 0 Å². The van der Waals surface area contributed by atoms with Crippen LogP contribution >= 0.6 is 0 Å². The second kappa shape index (κ2) is 6.03. The monoisotopic (exact) mass is 337 g/mol. The number of carboxylic acid groups (broad SMARTS) is 2. The molecule has 8 heteroatoms. The van der Waals surface area contributed by atoms with E-state index in [9.17, 15) is 19.5 Å². The normalized spacial score (nSPS) is 20.8. The molecule has 130 valence electrons. The number of methoxy groups -OCH3 is 2. The molecule has 0 aromatic heterocycles. The van der Waals surface area contributed by atoms with Gasteiger partial charge in [-0.1, -0.05) is 13.8 Å². The first-order valence-electron chi connectivity index (χ1n) is 7.18. The highest BCUT2D eigenvalue weighted by Crippen LogP contribution is 2.58. The molecule has 0 heterocycles. The van der Waals surface area contributed by atoms with Crippen molar-refractivity contribution in [3.8, 4) is 11.5 Å². The van der Waals surface area contributed by atoms with Gasteiger partial charge in [0, 0.05) is 12.1 Å². The highest BCUT2D eigenvalue weighted by Gasteiger charge is 2.65. The Morgan fingerprint density at radius 3 is 2.00 bits per heavy atom. The number of hydrogen-bond acceptors (Lipinski definition) is 5. The van der Waals surface area contributed by atoms with Gasteiger partial charge in [0.2, 0.25) is 5.91 Å². The molecule has 0 bridgehead atoms. The molecule has 2 unspecified atom stereocenters. The Hall–Kier alpha value is -2.77. The van der Waals surface area contributed by atoms with Crippen LogP contribution in [0, 0.1) is 17.3 Å². The van der Waals surface area contributed by atoms with E-state index in [4.69, 9.17) is 14.6 Å². The second-order valence-electron chi connectivity index (χ2n) is 6.16. The van der Waals surface area contributed by atoms with Crippen molar-refractivity contribution in [2.45, 2.75) is 13.8 Å². The first kappa shape index (κ1) is 17.6. The van der Waals surface area contributed by atoms with Crippen LogP contribution in [0.5, 0.6) is 11.5 Å². The van der Waals surface area contributed by atoms with Crippen LogP contribution in [-0.2, 0) is 9.59 Å². The third kappa shape index (κ3) is 2.86. The van der Waals surface area contributed by atoms with Crippen molar-refractivity contribution in [1.82, 2.24) is 0 Å². The zero-order valence-corrected chi connectivity index (χ0v) is 13.7. The van der Waals surface area contributed by atoms with Crippen molar-refractivity contribution in [2.24, 2.45) is 17.3 Å². The van der Waals surface area contributed by atoms with E-state index in [-0.39, 0.29) is 22.7 Å². The van der Waals surface area contributed by atoms with Crippen molar-refractivity contribution in [2.75, 3.05) is 19.5 Å². The van der Waals surface area contributed by atoms with E-state index in [1.165, 1.54) is 26.4 Å². The van der Waals surface area contributed by atoms with Gasteiger partial charge in [-0.05, 0) is 5.41 Å². The van der Waals surface area contributed by atoms with E-state index in [0.29, 0.717) is 0 Å². The molecular formula is C16H19NO7. The molecule has 24 heavy (non-hydrogen) atoms. The molecule has 0 radical (unpaired) electrons. The summed E-state index contributed by atoms with van der Waals surface area (Å²) in [6.07, 6.45) is 0. The van der Waals surface area contributed by atoms with E-state index < -0.39 is 35.1 Å². The molecule has 0 saturated heterocycles. The number of rotatable bonds is 6. The summed E-state index contributed by atoms with van der Waals surface area (Å²) in [5.74, 6) is -3.91. The topological polar surface area (TPSA) is 122 Å². The first-order chi connectivity index (χ1) is 11.1. The molecule has 1 amide bonds. The van der Waals surface area contributed by atoms with Gasteiger partial charge in [-0.25, -0.2) is 4.79 Å². The molecule has 1 saturated carbocycles. The fraction of sp³-hybridized carbons (Fsp3) is 0.438. The molecule has 1 aliphatic carbocycles. The Labute approximate surface area is 138 Å². The van der Waals surface area contributed by atoms with Gasteiger partial charge in [0.25, 0.3) is 0 Å². The van der Waals surface area contributed by atoms with Crippen LogP contribution in [0.1, 0.15) is 24.2 Å². The third-order valence-corrected chi connectivity index (χ3v) is 4.39. The lowest BCUT2D eigenvalue weighted by atomic mass is 10.1. The molecule has 0 aliphatic heterocycles. The Balaban J connectivity index is 2.34. The number of carbonyl (C=O) groups is 3. The SMILES string of the molecule is COc1cc(NC(=O)C2C(C(=O)O)C2(C)C)c(C(=O)O)cc1OC. The molecule has 1 aromatic rings. The zero-order chi connectivity index (χ0) is 18.2. The van der Waals surface area contributed by atoms with Crippen LogP contribution in [0.4, 0.5) is 5.69 Å². The predicted molar refractivity (Wildman–Crippen MR) is 83.5 cm³/mol. The van der Waals surface area contributed by atoms with Gasteiger partial charge in [-0.2, -0.15) is 0 Å². The minimum Gasteiger partial charge on any atom is -0.493 e. The number of nitrogens with one attached hydrogen (secondary N) is 1. The fourth-order valence-corrected chi connectivity index (χ4v) is 2.96. The number of hydrogen-bond donors (Lipinski definition) is 3. The van der Waals surface area contributed by atoms with Gasteiger partial charge in [-0.3, -0.25) is 9.59 Å². The van der Waals surface area contributed by atoms with Gasteiger partial charge in [0.15, 0.2) is 11.5 Å². The first-order valence-corrected chi connectivity index (χ1v) is 7.18. The second-order valence-corrected chi connectivity index (χ2v) is 6.16. The molecule has 1 aliphatic rings. The lowest BCUT2D eigenvalue weighted by Crippen LogP contribution is -2.19. The number of anilines is 1. The van der Waals surface area contributed by atoms with Crippen LogP contribution in [0.25, 0.3) is 0 Å². The average molecular weight is 337 g/mol. The van der Waals surface area contributed by atoms with Crippen molar-refractivity contribution in [3.05, 3.63) is 17.7 Å². The number of aliphatic carboxylic acids is 1. The van der Waals surface area contributed by atoms with Gasteiger partial charge in [0.05, 0.1) is 37.3 Å². The standard InChI is InChI=1S/C16H19NO7/c1-16(2)11(12(16)15(21)22)13(18)17-8-6-10(24-4)9(23-3)5-7(8)14(19)20/h5-6,11-12H,1-4H3,(H,17,18)(H,19,20)(H,21,22). The summed E-state index contributed by atoms with van der Waals surface area (Å²) in [6, 6.07) is 2.58. The summed E-state index contributed by atoms with van der Waals surface area (Å²) in [5, 5.41) is 21.0. The van der Waals surface area contributed by atoms with E-state index >= 15 is 0 Å². The summed E-state index contributed by atoms with van der Waals surface area (Å²) in [7, 11) is 2.75. The highest BCUT2D eigenvalue weighted by molar-refractivity contribution is 6.04. The Kier molecular flexibility index (Phi) is 4.42. The van der Waals surface area contributed by atoms with Crippen LogP contribution in [0.3, 0.4) is 0 Å². The molecule has 1 aromatic carbocycles. The number of carboxylic acids is 2. The number of carbonyl (C=O) groups excluding carboxylic acids is 1. The van der Waals surface area contributed by atoms with E-state index in [2.05, 4.69) is 5.32 Å². The number of amides is 1.